The summed E-state index contributed by atoms with van der Waals surface area (Å²) >= 11 is 0. The third-order valence-electron chi connectivity index (χ3n) is 4.08. The number of aromatic nitrogens is 2. The number of benzene rings is 2. The number of hydrogen-bond donors (Lipinski definition) is 0. The van der Waals surface area contributed by atoms with Gasteiger partial charge in [-0.2, -0.15) is 5.26 Å². The molecule has 3 rings (SSSR count). The van der Waals surface area contributed by atoms with Crippen LogP contribution in [0.1, 0.15) is 5.56 Å². The van der Waals surface area contributed by atoms with Gasteiger partial charge in [-0.05, 0) is 36.4 Å². The van der Waals surface area contributed by atoms with Crippen molar-refractivity contribution in [1.29, 1.82) is 5.26 Å². The molecule has 3 aromatic rings. The highest BCUT2D eigenvalue weighted by atomic mass is 19.1. The van der Waals surface area contributed by atoms with Crippen molar-refractivity contribution in [3.05, 3.63) is 82.5 Å². The van der Waals surface area contributed by atoms with Gasteiger partial charge >= 0.3 is 0 Å². The first-order valence-electron chi connectivity index (χ1n) is 8.08. The second-order valence-electron chi connectivity index (χ2n) is 5.79. The molecular weight excluding hydrogens is 347 g/mol. The molecule has 0 aliphatic rings. The SMILES string of the molecule is CN(C(=O)Cn1c(-c2ccc(F)cc2)ncc(C#N)c1=O)c1ccccc1. The van der Waals surface area contributed by atoms with E-state index >= 15 is 0 Å². The third kappa shape index (κ3) is 3.75. The smallest absolute Gasteiger partial charge is 0.272 e. The molecular formula is C20H15FN4O2. The van der Waals surface area contributed by atoms with E-state index in [2.05, 4.69) is 4.98 Å². The predicted octanol–water partition coefficient (Wildman–Crippen LogP) is 2.58. The first kappa shape index (κ1) is 18.0. The Bertz CT molecular complexity index is 1070. The highest BCUT2D eigenvalue weighted by Crippen LogP contribution is 2.17. The largest absolute Gasteiger partial charge is 0.314 e. The van der Waals surface area contributed by atoms with Crippen LogP contribution in [0.15, 0.2) is 65.6 Å². The number of nitriles is 1. The van der Waals surface area contributed by atoms with Crippen LogP contribution in [0.5, 0.6) is 0 Å². The number of likely N-dealkylation sites (N-methyl/N-ethyl adjacent to an activating group) is 1. The maximum Gasteiger partial charge on any atom is 0.272 e. The van der Waals surface area contributed by atoms with Crippen LogP contribution < -0.4 is 10.5 Å². The molecule has 1 aromatic heterocycles. The number of rotatable bonds is 4. The van der Waals surface area contributed by atoms with Crippen molar-refractivity contribution in [2.24, 2.45) is 0 Å². The van der Waals surface area contributed by atoms with E-state index in [-0.39, 0.29) is 23.8 Å². The van der Waals surface area contributed by atoms with Crippen LogP contribution in [0.3, 0.4) is 0 Å². The molecule has 0 aliphatic carbocycles. The number of hydrogen-bond acceptors (Lipinski definition) is 4. The fourth-order valence-corrected chi connectivity index (χ4v) is 2.58. The van der Waals surface area contributed by atoms with Crippen LogP contribution in [0.2, 0.25) is 0 Å². The highest BCUT2D eigenvalue weighted by Gasteiger charge is 2.18. The molecule has 2 aromatic carbocycles. The topological polar surface area (TPSA) is 79.0 Å². The Morgan fingerprint density at radius 1 is 1.19 bits per heavy atom. The number of amides is 1. The molecule has 7 heteroatoms. The van der Waals surface area contributed by atoms with Gasteiger partial charge < -0.3 is 4.90 Å². The van der Waals surface area contributed by atoms with Crippen LogP contribution in [0.25, 0.3) is 11.4 Å². The van der Waals surface area contributed by atoms with Crippen molar-refractivity contribution in [3.8, 4) is 17.5 Å². The summed E-state index contributed by atoms with van der Waals surface area (Å²) in [4.78, 5) is 30.9. The quantitative estimate of drug-likeness (QED) is 0.715. The Morgan fingerprint density at radius 3 is 2.48 bits per heavy atom. The van der Waals surface area contributed by atoms with E-state index in [1.165, 1.54) is 29.2 Å². The normalized spacial score (nSPS) is 10.3. The lowest BCUT2D eigenvalue weighted by Crippen LogP contribution is -2.35. The average Bonchev–Trinajstić information content (AvgIpc) is 2.70. The van der Waals surface area contributed by atoms with Crippen molar-refractivity contribution < 1.29 is 9.18 Å². The molecule has 1 heterocycles. The fourth-order valence-electron chi connectivity index (χ4n) is 2.58. The van der Waals surface area contributed by atoms with E-state index in [0.29, 0.717) is 11.3 Å². The molecule has 0 atom stereocenters. The van der Waals surface area contributed by atoms with Crippen LogP contribution in [-0.4, -0.2) is 22.5 Å². The zero-order valence-electron chi connectivity index (χ0n) is 14.5. The molecule has 0 radical (unpaired) electrons. The summed E-state index contributed by atoms with van der Waals surface area (Å²) in [6, 6.07) is 16.1. The van der Waals surface area contributed by atoms with Gasteiger partial charge in [-0.25, -0.2) is 9.37 Å². The molecule has 0 aliphatic heterocycles. The molecule has 0 unspecified atom stereocenters. The van der Waals surface area contributed by atoms with E-state index in [0.717, 1.165) is 10.8 Å². The first-order chi connectivity index (χ1) is 13.0. The molecule has 0 saturated heterocycles. The average molecular weight is 362 g/mol. The first-order valence-corrected chi connectivity index (χ1v) is 8.08. The van der Waals surface area contributed by atoms with Gasteiger partial charge in [0.15, 0.2) is 0 Å². The van der Waals surface area contributed by atoms with Crippen molar-refractivity contribution in [1.82, 2.24) is 9.55 Å². The molecule has 1 amide bonds. The minimum absolute atomic E-state index is 0.170. The highest BCUT2D eigenvalue weighted by molar-refractivity contribution is 5.92. The standard InChI is InChI=1S/C20H15FN4O2/c1-24(17-5-3-2-4-6-17)18(26)13-25-19(14-7-9-16(21)10-8-14)23-12-15(11-22)20(25)27/h2-10,12H,13H2,1H3. The van der Waals surface area contributed by atoms with E-state index in [1.54, 1.807) is 37.4 Å². The summed E-state index contributed by atoms with van der Waals surface area (Å²) in [5, 5.41) is 9.11. The van der Waals surface area contributed by atoms with Gasteiger partial charge in [0.2, 0.25) is 5.91 Å². The minimum atomic E-state index is -0.623. The molecule has 0 bridgehead atoms. The maximum absolute atomic E-state index is 13.2. The zero-order valence-corrected chi connectivity index (χ0v) is 14.5. The predicted molar refractivity (Wildman–Crippen MR) is 98.5 cm³/mol. The van der Waals surface area contributed by atoms with E-state index < -0.39 is 11.4 Å². The zero-order chi connectivity index (χ0) is 19.4. The minimum Gasteiger partial charge on any atom is -0.314 e. The fraction of sp³-hybridized carbons (Fsp3) is 0.100. The lowest BCUT2D eigenvalue weighted by molar-refractivity contribution is -0.118. The Morgan fingerprint density at radius 2 is 1.85 bits per heavy atom. The summed E-state index contributed by atoms with van der Waals surface area (Å²) < 4.78 is 14.3. The van der Waals surface area contributed by atoms with Crippen LogP contribution in [0.4, 0.5) is 10.1 Å². The van der Waals surface area contributed by atoms with Crippen molar-refractivity contribution in [2.75, 3.05) is 11.9 Å². The number of carbonyl (C=O) groups excluding carboxylic acids is 1. The molecule has 0 spiro atoms. The number of para-hydroxylation sites is 1. The van der Waals surface area contributed by atoms with E-state index in [9.17, 15) is 14.0 Å². The summed E-state index contributed by atoms with van der Waals surface area (Å²) in [7, 11) is 1.60. The molecule has 0 fully saturated rings. The molecule has 0 saturated carbocycles. The lowest BCUT2D eigenvalue weighted by Gasteiger charge is -2.19. The third-order valence-corrected chi connectivity index (χ3v) is 4.08. The molecule has 134 valence electrons. The second kappa shape index (κ2) is 7.62. The van der Waals surface area contributed by atoms with Crippen LogP contribution in [-0.2, 0) is 11.3 Å². The second-order valence-corrected chi connectivity index (χ2v) is 5.79. The van der Waals surface area contributed by atoms with Crippen molar-refractivity contribution >= 4 is 11.6 Å². The van der Waals surface area contributed by atoms with Crippen molar-refractivity contribution in [3.63, 3.8) is 0 Å². The Hall–Kier alpha value is -3.79. The summed E-state index contributed by atoms with van der Waals surface area (Å²) in [5.41, 5.74) is 0.342. The number of nitrogens with zero attached hydrogens (tertiary/aromatic N) is 4. The van der Waals surface area contributed by atoms with Gasteiger partial charge in [0.05, 0.1) is 6.20 Å². The van der Waals surface area contributed by atoms with Crippen LogP contribution >= 0.6 is 0 Å². The van der Waals surface area contributed by atoms with E-state index in [4.69, 9.17) is 5.26 Å². The maximum atomic E-state index is 13.2. The Kier molecular flexibility index (Phi) is 5.08. The Balaban J connectivity index is 2.03. The van der Waals surface area contributed by atoms with Gasteiger partial charge in [0, 0.05) is 18.3 Å². The van der Waals surface area contributed by atoms with Crippen LogP contribution in [0, 0.1) is 17.1 Å². The number of halogens is 1. The van der Waals surface area contributed by atoms with Gasteiger partial charge in [0.25, 0.3) is 5.56 Å². The van der Waals surface area contributed by atoms with Gasteiger partial charge in [-0.1, -0.05) is 18.2 Å². The summed E-state index contributed by atoms with van der Waals surface area (Å²) in [6.45, 7) is -0.306. The molecule has 6 nitrogen and oxygen atoms in total. The monoisotopic (exact) mass is 362 g/mol. The number of carbonyl (C=O) groups is 1. The van der Waals surface area contributed by atoms with Gasteiger partial charge in [-0.3, -0.25) is 14.2 Å². The number of anilines is 1. The lowest BCUT2D eigenvalue weighted by atomic mass is 10.2. The van der Waals surface area contributed by atoms with Crippen molar-refractivity contribution in [2.45, 2.75) is 6.54 Å². The van der Waals surface area contributed by atoms with E-state index in [1.807, 2.05) is 6.07 Å². The Labute approximate surface area is 154 Å². The molecule has 27 heavy (non-hydrogen) atoms. The molecule has 0 N–H and O–H groups in total. The van der Waals surface area contributed by atoms with Gasteiger partial charge in [0.1, 0.15) is 29.8 Å². The summed E-state index contributed by atoms with van der Waals surface area (Å²) in [5.74, 6) is -0.599. The summed E-state index contributed by atoms with van der Waals surface area (Å²) in [6.07, 6.45) is 1.16. The van der Waals surface area contributed by atoms with Gasteiger partial charge in [-0.15, -0.1) is 0 Å².